The van der Waals surface area contributed by atoms with Gasteiger partial charge in [-0.05, 0) is 31.2 Å². The first kappa shape index (κ1) is 14.2. The Morgan fingerprint density at radius 2 is 1.84 bits per heavy atom. The summed E-state index contributed by atoms with van der Waals surface area (Å²) < 4.78 is 3.86. The lowest BCUT2D eigenvalue weighted by atomic mass is 10.1. The molecule has 0 radical (unpaired) electrons. The maximum atomic E-state index is 12.3. The second kappa shape index (κ2) is 5.17. The summed E-state index contributed by atoms with van der Waals surface area (Å²) in [5.74, 6) is 1.77. The fourth-order valence-electron chi connectivity index (χ4n) is 3.63. The Kier molecular flexibility index (Phi) is 2.94. The number of rotatable bonds is 2. The smallest absolute Gasteiger partial charge is 0.259 e. The van der Waals surface area contributed by atoms with E-state index in [1.54, 1.807) is 16.7 Å². The summed E-state index contributed by atoms with van der Waals surface area (Å²) in [6, 6.07) is 15.8. The molecule has 5 rings (SSSR count). The fourth-order valence-corrected chi connectivity index (χ4v) is 3.63. The molecule has 1 fully saturated rings. The van der Waals surface area contributed by atoms with Crippen LogP contribution in [0.25, 0.3) is 16.7 Å². The van der Waals surface area contributed by atoms with Crippen LogP contribution in [0.5, 0.6) is 0 Å². The molecule has 1 saturated heterocycles. The summed E-state index contributed by atoms with van der Waals surface area (Å²) in [7, 11) is 0. The van der Waals surface area contributed by atoms with Crippen LogP contribution in [0.2, 0.25) is 0 Å². The predicted octanol–water partition coefficient (Wildman–Crippen LogP) is 2.41. The van der Waals surface area contributed by atoms with Crippen molar-refractivity contribution in [2.45, 2.75) is 13.0 Å². The van der Waals surface area contributed by atoms with Gasteiger partial charge in [0.25, 0.3) is 5.56 Å². The van der Waals surface area contributed by atoms with Crippen LogP contribution in [0.15, 0.2) is 59.5 Å². The van der Waals surface area contributed by atoms with Gasteiger partial charge in [-0.3, -0.25) is 9.20 Å². The number of nitrogens with zero attached hydrogens (tertiary/aromatic N) is 5. The Morgan fingerprint density at radius 1 is 1.04 bits per heavy atom. The monoisotopic (exact) mass is 331 g/mol. The van der Waals surface area contributed by atoms with Crippen LogP contribution < -0.4 is 10.5 Å². The minimum atomic E-state index is -0.0479. The molecule has 0 atom stereocenters. The van der Waals surface area contributed by atoms with Crippen molar-refractivity contribution < 1.29 is 0 Å². The van der Waals surface area contributed by atoms with Crippen LogP contribution >= 0.6 is 0 Å². The minimum absolute atomic E-state index is 0.0479. The Hall–Kier alpha value is -3.15. The van der Waals surface area contributed by atoms with Crippen molar-refractivity contribution in [2.75, 3.05) is 18.0 Å². The molecule has 4 aromatic rings. The molecule has 1 aromatic carbocycles. The largest absolute Gasteiger partial charge is 0.352 e. The number of benzene rings is 1. The highest BCUT2D eigenvalue weighted by atomic mass is 16.1. The molecular weight excluding hydrogens is 314 g/mol. The molecule has 0 amide bonds. The quantitative estimate of drug-likeness (QED) is 0.566. The maximum absolute atomic E-state index is 12.3. The van der Waals surface area contributed by atoms with E-state index in [0.29, 0.717) is 11.7 Å². The second-order valence-corrected chi connectivity index (χ2v) is 6.46. The second-order valence-electron chi connectivity index (χ2n) is 6.46. The normalized spacial score (nSPS) is 15.0. The Bertz CT molecular complexity index is 1150. The summed E-state index contributed by atoms with van der Waals surface area (Å²) in [4.78, 5) is 23.7. The summed E-state index contributed by atoms with van der Waals surface area (Å²) >= 11 is 0. The minimum Gasteiger partial charge on any atom is -0.352 e. The molecule has 25 heavy (non-hydrogen) atoms. The molecule has 3 aromatic heterocycles. The van der Waals surface area contributed by atoms with Crippen LogP contribution in [-0.2, 0) is 0 Å². The van der Waals surface area contributed by atoms with E-state index < -0.39 is 0 Å². The molecule has 0 bridgehead atoms. The van der Waals surface area contributed by atoms with Crippen molar-refractivity contribution in [3.05, 3.63) is 70.9 Å². The van der Waals surface area contributed by atoms with Gasteiger partial charge in [0.15, 0.2) is 0 Å². The number of fused-ring (bicyclic) bond motifs is 2. The highest BCUT2D eigenvalue weighted by Gasteiger charge is 2.31. The number of imidazole rings is 1. The molecule has 4 heterocycles. The number of hydrogen-bond acceptors (Lipinski definition) is 4. The summed E-state index contributed by atoms with van der Waals surface area (Å²) in [6.07, 6.45) is 1.74. The number of aryl methyl sites for hydroxylation is 1. The first-order valence-electron chi connectivity index (χ1n) is 8.38. The average molecular weight is 331 g/mol. The summed E-state index contributed by atoms with van der Waals surface area (Å²) in [5, 5.41) is 0. The maximum Gasteiger partial charge on any atom is 0.259 e. The van der Waals surface area contributed by atoms with E-state index in [9.17, 15) is 4.79 Å². The number of pyridine rings is 1. The zero-order valence-corrected chi connectivity index (χ0v) is 13.8. The molecule has 1 aliphatic heterocycles. The van der Waals surface area contributed by atoms with Crippen LogP contribution in [-0.4, -0.2) is 32.0 Å². The van der Waals surface area contributed by atoms with Crippen LogP contribution in [0.4, 0.5) is 5.82 Å². The molecule has 124 valence electrons. The van der Waals surface area contributed by atoms with Gasteiger partial charge < -0.3 is 9.47 Å². The van der Waals surface area contributed by atoms with Crippen LogP contribution in [0.1, 0.15) is 11.9 Å². The molecule has 1 aliphatic rings. The van der Waals surface area contributed by atoms with Gasteiger partial charge in [-0.25, -0.2) is 9.97 Å². The summed E-state index contributed by atoms with van der Waals surface area (Å²) in [5.41, 5.74) is 2.82. The lowest BCUT2D eigenvalue weighted by Crippen LogP contribution is -2.48. The first-order valence-corrected chi connectivity index (χ1v) is 8.38. The van der Waals surface area contributed by atoms with Gasteiger partial charge in [0, 0.05) is 25.4 Å². The number of hydrogen-bond donors (Lipinski definition) is 0. The van der Waals surface area contributed by atoms with Crippen LogP contribution in [0, 0.1) is 6.92 Å². The number of anilines is 1. The first-order chi connectivity index (χ1) is 12.2. The number of para-hydroxylation sites is 2. The van der Waals surface area contributed by atoms with E-state index in [2.05, 4.69) is 25.5 Å². The molecule has 0 aliphatic carbocycles. The molecule has 0 unspecified atom stereocenters. The van der Waals surface area contributed by atoms with Gasteiger partial charge in [-0.2, -0.15) is 0 Å². The Labute approximate surface area is 144 Å². The third-order valence-corrected chi connectivity index (χ3v) is 4.88. The summed E-state index contributed by atoms with van der Waals surface area (Å²) in [6.45, 7) is 3.70. The number of aromatic nitrogens is 4. The fraction of sp³-hybridized carbons (Fsp3) is 0.211. The van der Waals surface area contributed by atoms with Crippen molar-refractivity contribution in [1.29, 1.82) is 0 Å². The molecule has 0 saturated carbocycles. The molecular formula is C19H17N5O. The predicted molar refractivity (Wildman–Crippen MR) is 97.2 cm³/mol. The Morgan fingerprint density at radius 3 is 2.72 bits per heavy atom. The van der Waals surface area contributed by atoms with Crippen molar-refractivity contribution in [1.82, 2.24) is 18.9 Å². The zero-order chi connectivity index (χ0) is 17.0. The SMILES string of the molecule is Cc1nc2ccccc2n1C1CN(c2cc(=O)n3ccccc3n2)C1. The van der Waals surface area contributed by atoms with E-state index >= 15 is 0 Å². The van der Waals surface area contributed by atoms with Crippen molar-refractivity contribution in [3.8, 4) is 0 Å². The van der Waals surface area contributed by atoms with Crippen molar-refractivity contribution in [3.63, 3.8) is 0 Å². The van der Waals surface area contributed by atoms with Gasteiger partial charge in [0.05, 0.1) is 17.1 Å². The molecule has 6 nitrogen and oxygen atoms in total. The van der Waals surface area contributed by atoms with Crippen molar-refractivity contribution >= 4 is 22.5 Å². The molecule has 6 heteroatoms. The van der Waals surface area contributed by atoms with E-state index in [-0.39, 0.29) is 5.56 Å². The van der Waals surface area contributed by atoms with Gasteiger partial charge in [0.1, 0.15) is 17.3 Å². The van der Waals surface area contributed by atoms with E-state index in [1.807, 2.05) is 43.3 Å². The van der Waals surface area contributed by atoms with Gasteiger partial charge >= 0.3 is 0 Å². The molecule has 0 N–H and O–H groups in total. The van der Waals surface area contributed by atoms with Gasteiger partial charge in [0.2, 0.25) is 0 Å². The topological polar surface area (TPSA) is 55.4 Å². The zero-order valence-electron chi connectivity index (χ0n) is 13.8. The lowest BCUT2D eigenvalue weighted by molar-refractivity contribution is 0.399. The van der Waals surface area contributed by atoms with E-state index in [4.69, 9.17) is 0 Å². The highest BCUT2D eigenvalue weighted by molar-refractivity contribution is 5.76. The highest BCUT2D eigenvalue weighted by Crippen LogP contribution is 2.30. The van der Waals surface area contributed by atoms with Gasteiger partial charge in [-0.1, -0.05) is 18.2 Å². The third-order valence-electron chi connectivity index (χ3n) is 4.88. The average Bonchev–Trinajstić information content (AvgIpc) is 2.90. The molecule has 0 spiro atoms. The van der Waals surface area contributed by atoms with Crippen molar-refractivity contribution in [2.24, 2.45) is 0 Å². The van der Waals surface area contributed by atoms with E-state index in [1.165, 1.54) is 0 Å². The Balaban J connectivity index is 1.47. The van der Waals surface area contributed by atoms with E-state index in [0.717, 1.165) is 35.8 Å². The van der Waals surface area contributed by atoms with Crippen LogP contribution in [0.3, 0.4) is 0 Å². The third kappa shape index (κ3) is 2.14. The standard InChI is InChI=1S/C19H17N5O/c1-13-20-15-6-2-3-7-16(15)24(13)14-11-22(12-14)18-10-19(25)23-9-5-4-8-17(23)21-18/h2-10,14H,11-12H2,1H3. The lowest BCUT2D eigenvalue weighted by Gasteiger charge is -2.41. The van der Waals surface area contributed by atoms with Gasteiger partial charge in [-0.15, -0.1) is 0 Å².